The Hall–Kier alpha value is -1.32. The predicted molar refractivity (Wildman–Crippen MR) is 80.3 cm³/mol. The van der Waals surface area contributed by atoms with Gasteiger partial charge >= 0.3 is 11.6 Å². The van der Waals surface area contributed by atoms with Crippen molar-refractivity contribution in [3.05, 3.63) is 22.7 Å². The van der Waals surface area contributed by atoms with Crippen molar-refractivity contribution < 1.29 is 17.9 Å². The molecule has 0 amide bonds. The molecule has 0 spiro atoms. The average molecular weight is 333 g/mol. The van der Waals surface area contributed by atoms with Gasteiger partial charge in [0.25, 0.3) is 0 Å². The van der Waals surface area contributed by atoms with Crippen LogP contribution in [0.25, 0.3) is 0 Å². The predicted octanol–water partition coefficient (Wildman–Crippen LogP) is 1.99. The topological polar surface area (TPSA) is 79.4 Å². The monoisotopic (exact) mass is 333 g/mol. The first kappa shape index (κ1) is 17.0. The summed E-state index contributed by atoms with van der Waals surface area (Å²) in [7, 11) is -2.21. The molecule has 0 saturated carbocycles. The number of alkyl halides is 2. The Labute approximate surface area is 128 Å². The van der Waals surface area contributed by atoms with Crippen LogP contribution in [0.15, 0.2) is 17.1 Å². The molecule has 9 heteroatoms. The van der Waals surface area contributed by atoms with E-state index in [1.807, 2.05) is 19.6 Å². The van der Waals surface area contributed by atoms with Crippen LogP contribution in [0.5, 0.6) is 0 Å². The minimum atomic E-state index is -3.33. The third-order valence-corrected chi connectivity index (χ3v) is 4.30. The van der Waals surface area contributed by atoms with E-state index in [9.17, 15) is 13.6 Å². The van der Waals surface area contributed by atoms with Gasteiger partial charge in [-0.15, -0.1) is 0 Å². The van der Waals surface area contributed by atoms with Crippen LogP contribution >= 0.6 is 0 Å². The van der Waals surface area contributed by atoms with Crippen molar-refractivity contribution in [2.45, 2.75) is 57.3 Å². The SMILES string of the molecule is CC[C@H]1O[C@@H](n2ccc(N)nc2=O)C(F)(F)[C@@H]1O[Si](C)(C)C. The Balaban J connectivity index is 2.40. The van der Waals surface area contributed by atoms with Gasteiger partial charge in [0.2, 0.25) is 6.23 Å². The molecule has 1 aliphatic heterocycles. The number of rotatable bonds is 4. The molecule has 1 fully saturated rings. The summed E-state index contributed by atoms with van der Waals surface area (Å²) in [6.45, 7) is 7.24. The van der Waals surface area contributed by atoms with E-state index in [1.165, 1.54) is 12.3 Å². The zero-order valence-electron chi connectivity index (χ0n) is 13.0. The van der Waals surface area contributed by atoms with Crippen molar-refractivity contribution in [1.29, 1.82) is 0 Å². The first-order valence-electron chi connectivity index (χ1n) is 7.12. The second-order valence-corrected chi connectivity index (χ2v) is 10.8. The quantitative estimate of drug-likeness (QED) is 0.853. The van der Waals surface area contributed by atoms with Crippen LogP contribution in [0.4, 0.5) is 14.6 Å². The molecule has 0 aromatic carbocycles. The molecule has 2 rings (SSSR count). The zero-order valence-corrected chi connectivity index (χ0v) is 14.0. The van der Waals surface area contributed by atoms with Gasteiger partial charge < -0.3 is 14.9 Å². The number of hydrogen-bond donors (Lipinski definition) is 1. The van der Waals surface area contributed by atoms with Gasteiger partial charge in [-0.3, -0.25) is 4.57 Å². The molecule has 1 aliphatic rings. The molecular weight excluding hydrogens is 312 g/mol. The summed E-state index contributed by atoms with van der Waals surface area (Å²) >= 11 is 0. The van der Waals surface area contributed by atoms with E-state index in [0.29, 0.717) is 6.42 Å². The molecule has 6 nitrogen and oxygen atoms in total. The van der Waals surface area contributed by atoms with Crippen molar-refractivity contribution in [1.82, 2.24) is 9.55 Å². The molecule has 0 radical (unpaired) electrons. The maximum absolute atomic E-state index is 14.8. The normalized spacial score (nSPS) is 28.0. The van der Waals surface area contributed by atoms with Crippen molar-refractivity contribution in [2.24, 2.45) is 0 Å². The van der Waals surface area contributed by atoms with E-state index in [2.05, 4.69) is 4.98 Å². The molecular formula is C13H21F2N3O3Si. The highest BCUT2D eigenvalue weighted by molar-refractivity contribution is 6.69. The summed E-state index contributed by atoms with van der Waals surface area (Å²) in [5.74, 6) is -3.35. The van der Waals surface area contributed by atoms with Crippen LogP contribution in [0.1, 0.15) is 19.6 Å². The first-order valence-corrected chi connectivity index (χ1v) is 10.5. The van der Waals surface area contributed by atoms with Crippen LogP contribution in [0.3, 0.4) is 0 Å². The lowest BCUT2D eigenvalue weighted by Gasteiger charge is -2.30. The number of nitrogens with zero attached hydrogens (tertiary/aromatic N) is 2. The van der Waals surface area contributed by atoms with E-state index in [4.69, 9.17) is 14.9 Å². The van der Waals surface area contributed by atoms with E-state index in [0.717, 1.165) is 4.57 Å². The van der Waals surface area contributed by atoms with E-state index >= 15 is 0 Å². The number of nitrogen functional groups attached to an aromatic ring is 1. The average Bonchev–Trinajstić information content (AvgIpc) is 2.60. The Morgan fingerprint density at radius 3 is 2.64 bits per heavy atom. The number of halogens is 2. The lowest BCUT2D eigenvalue weighted by atomic mass is 10.1. The lowest BCUT2D eigenvalue weighted by Crippen LogP contribution is -2.47. The first-order chi connectivity index (χ1) is 10.1. The summed E-state index contributed by atoms with van der Waals surface area (Å²) < 4.78 is 41.3. The molecule has 0 bridgehead atoms. The van der Waals surface area contributed by atoms with Gasteiger partial charge in [-0.05, 0) is 32.1 Å². The maximum Gasteiger partial charge on any atom is 0.351 e. The third-order valence-electron chi connectivity index (χ3n) is 3.34. The summed E-state index contributed by atoms with van der Waals surface area (Å²) in [4.78, 5) is 15.3. The second-order valence-electron chi connectivity index (χ2n) is 6.30. The molecule has 2 heterocycles. The number of nitrogens with two attached hydrogens (primary N) is 1. The lowest BCUT2D eigenvalue weighted by molar-refractivity contribution is -0.137. The highest BCUT2D eigenvalue weighted by atomic mass is 28.4. The van der Waals surface area contributed by atoms with Gasteiger partial charge in [0, 0.05) is 6.20 Å². The fourth-order valence-corrected chi connectivity index (χ4v) is 3.49. The van der Waals surface area contributed by atoms with Gasteiger partial charge in [-0.1, -0.05) is 6.92 Å². The summed E-state index contributed by atoms with van der Waals surface area (Å²) in [6.07, 6.45) is -2.36. The van der Waals surface area contributed by atoms with Crippen LogP contribution < -0.4 is 11.4 Å². The minimum Gasteiger partial charge on any atom is -0.406 e. The molecule has 1 saturated heterocycles. The molecule has 22 heavy (non-hydrogen) atoms. The van der Waals surface area contributed by atoms with Crippen molar-refractivity contribution >= 4 is 14.1 Å². The summed E-state index contributed by atoms with van der Waals surface area (Å²) in [5, 5.41) is 0. The smallest absolute Gasteiger partial charge is 0.351 e. The maximum atomic E-state index is 14.8. The van der Waals surface area contributed by atoms with E-state index in [1.54, 1.807) is 6.92 Å². The second kappa shape index (κ2) is 5.71. The van der Waals surface area contributed by atoms with Crippen LogP contribution in [0, 0.1) is 0 Å². The Morgan fingerprint density at radius 1 is 1.50 bits per heavy atom. The number of hydrogen-bond acceptors (Lipinski definition) is 5. The molecule has 1 aromatic heterocycles. The zero-order chi connectivity index (χ0) is 16.7. The van der Waals surface area contributed by atoms with Gasteiger partial charge in [-0.25, -0.2) is 4.79 Å². The Bertz CT molecular complexity index is 603. The third kappa shape index (κ3) is 3.20. The minimum absolute atomic E-state index is 0.0236. The highest BCUT2D eigenvalue weighted by Gasteiger charge is 2.61. The largest absolute Gasteiger partial charge is 0.406 e. The van der Waals surface area contributed by atoms with E-state index in [-0.39, 0.29) is 5.82 Å². The van der Waals surface area contributed by atoms with Crippen molar-refractivity contribution in [2.75, 3.05) is 5.73 Å². The summed E-state index contributed by atoms with van der Waals surface area (Å²) in [6, 6.07) is 1.29. The molecule has 0 unspecified atom stereocenters. The number of aromatic nitrogens is 2. The van der Waals surface area contributed by atoms with Gasteiger partial charge in [-0.2, -0.15) is 13.8 Å². The van der Waals surface area contributed by atoms with Gasteiger partial charge in [0.1, 0.15) is 11.9 Å². The van der Waals surface area contributed by atoms with E-state index < -0.39 is 38.4 Å². The molecule has 3 atom stereocenters. The fraction of sp³-hybridized carbons (Fsp3) is 0.692. The number of ether oxygens (including phenoxy) is 1. The van der Waals surface area contributed by atoms with Crippen LogP contribution in [-0.2, 0) is 9.16 Å². The molecule has 124 valence electrons. The van der Waals surface area contributed by atoms with Crippen molar-refractivity contribution in [3.63, 3.8) is 0 Å². The standard InChI is InChI=1S/C13H21F2N3O3Si/c1-5-8-10(21-22(2,3)4)13(14,15)11(20-8)18-7-6-9(16)17-12(18)19/h6-8,10-11H,5H2,1-4H3,(H2,16,17,19)/t8-,10-,11-/m1/s1. The Kier molecular flexibility index (Phi) is 4.42. The molecule has 1 aromatic rings. The summed E-state index contributed by atoms with van der Waals surface area (Å²) in [5.41, 5.74) is 4.52. The van der Waals surface area contributed by atoms with Gasteiger partial charge in [0.15, 0.2) is 8.32 Å². The number of anilines is 1. The highest BCUT2D eigenvalue weighted by Crippen LogP contribution is 2.45. The van der Waals surface area contributed by atoms with Crippen LogP contribution in [0.2, 0.25) is 19.6 Å². The molecule has 2 N–H and O–H groups in total. The van der Waals surface area contributed by atoms with Gasteiger partial charge in [0.05, 0.1) is 6.10 Å². The molecule has 0 aliphatic carbocycles. The van der Waals surface area contributed by atoms with Crippen LogP contribution in [-0.4, -0.2) is 36.0 Å². The Morgan fingerprint density at radius 2 is 2.14 bits per heavy atom. The fourth-order valence-electron chi connectivity index (χ4n) is 2.42. The van der Waals surface area contributed by atoms with Crippen molar-refractivity contribution in [3.8, 4) is 0 Å².